The molecule has 170 valence electrons. The van der Waals surface area contributed by atoms with E-state index in [9.17, 15) is 0 Å². The van der Waals surface area contributed by atoms with Gasteiger partial charge in [0.05, 0.1) is 0 Å². The van der Waals surface area contributed by atoms with E-state index in [4.69, 9.17) is 4.99 Å². The third kappa shape index (κ3) is 7.24. The third-order valence-corrected chi connectivity index (χ3v) is 5.64. The van der Waals surface area contributed by atoms with Crippen LogP contribution in [-0.2, 0) is 13.0 Å². The molecule has 3 rings (SSSR count). The first-order valence-corrected chi connectivity index (χ1v) is 11.6. The predicted molar refractivity (Wildman–Crippen MR) is 128 cm³/mol. The fraction of sp³-hybridized carbons (Fsp3) is 0.609. The van der Waals surface area contributed by atoms with Gasteiger partial charge in [-0.2, -0.15) is 0 Å². The van der Waals surface area contributed by atoms with Crippen molar-refractivity contribution < 1.29 is 0 Å². The summed E-state index contributed by atoms with van der Waals surface area (Å²) < 4.78 is 2.09. The molecule has 1 aliphatic heterocycles. The molecule has 31 heavy (non-hydrogen) atoms. The highest BCUT2D eigenvalue weighted by atomic mass is 15.3. The Morgan fingerprint density at radius 2 is 1.94 bits per heavy atom. The van der Waals surface area contributed by atoms with Crippen LogP contribution in [0.4, 0.5) is 5.69 Å². The van der Waals surface area contributed by atoms with E-state index in [-0.39, 0.29) is 0 Å². The number of hydrogen-bond donors (Lipinski definition) is 2. The maximum atomic E-state index is 4.75. The number of nitrogens with one attached hydrogen (secondary N) is 2. The summed E-state index contributed by atoms with van der Waals surface area (Å²) in [4.78, 5) is 9.80. The number of aryl methyl sites for hydroxylation is 2. The van der Waals surface area contributed by atoms with Crippen LogP contribution in [0.5, 0.6) is 0 Å². The lowest BCUT2D eigenvalue weighted by Gasteiger charge is -2.36. The van der Waals surface area contributed by atoms with Crippen molar-refractivity contribution in [3.05, 3.63) is 42.0 Å². The molecule has 0 aliphatic carbocycles. The second-order valence-electron chi connectivity index (χ2n) is 8.00. The topological polar surface area (TPSA) is 73.6 Å². The van der Waals surface area contributed by atoms with Gasteiger partial charge in [0.15, 0.2) is 5.96 Å². The first kappa shape index (κ1) is 23.1. The third-order valence-electron chi connectivity index (χ3n) is 5.64. The van der Waals surface area contributed by atoms with Gasteiger partial charge in [-0.1, -0.05) is 19.1 Å². The summed E-state index contributed by atoms with van der Waals surface area (Å²) >= 11 is 0. The quantitative estimate of drug-likeness (QED) is 0.344. The van der Waals surface area contributed by atoms with Crippen LogP contribution in [0.3, 0.4) is 0 Å². The van der Waals surface area contributed by atoms with Gasteiger partial charge in [0.25, 0.3) is 0 Å². The van der Waals surface area contributed by atoms with Crippen molar-refractivity contribution in [2.24, 2.45) is 4.99 Å². The maximum absolute atomic E-state index is 4.75. The number of aromatic nitrogens is 3. The molecule has 0 bridgehead atoms. The lowest BCUT2D eigenvalue weighted by molar-refractivity contribution is 0.256. The number of benzene rings is 1. The lowest BCUT2D eigenvalue weighted by Crippen LogP contribution is -2.46. The van der Waals surface area contributed by atoms with Gasteiger partial charge in [-0.3, -0.25) is 9.89 Å². The zero-order valence-electron chi connectivity index (χ0n) is 19.3. The minimum Gasteiger partial charge on any atom is -0.369 e. The van der Waals surface area contributed by atoms with Crippen LogP contribution in [0, 0.1) is 6.92 Å². The van der Waals surface area contributed by atoms with Gasteiger partial charge in [0.1, 0.15) is 12.2 Å². The summed E-state index contributed by atoms with van der Waals surface area (Å²) in [7, 11) is 0. The van der Waals surface area contributed by atoms with Crippen molar-refractivity contribution in [3.63, 3.8) is 0 Å². The number of anilines is 1. The molecule has 0 amide bonds. The summed E-state index contributed by atoms with van der Waals surface area (Å²) in [5.74, 6) is 1.91. The van der Waals surface area contributed by atoms with Gasteiger partial charge in [-0.05, 0) is 38.0 Å². The normalized spacial score (nSPS) is 15.3. The molecule has 0 radical (unpaired) electrons. The molecule has 1 aromatic heterocycles. The SMILES string of the molecule is CCNC(=NCCCN1CCN(c2cccc(C)c2)CC1)NCCn1cnnc1CC. The Kier molecular flexibility index (Phi) is 9.15. The number of piperazine rings is 1. The molecule has 8 nitrogen and oxygen atoms in total. The molecule has 1 aliphatic rings. The number of nitrogens with zero attached hydrogens (tertiary/aromatic N) is 6. The first-order valence-electron chi connectivity index (χ1n) is 11.6. The van der Waals surface area contributed by atoms with E-state index in [1.165, 1.54) is 11.3 Å². The van der Waals surface area contributed by atoms with Gasteiger partial charge >= 0.3 is 0 Å². The van der Waals surface area contributed by atoms with E-state index >= 15 is 0 Å². The molecule has 2 aromatic rings. The summed E-state index contributed by atoms with van der Waals surface area (Å²) in [6.45, 7) is 15.2. The molecule has 0 atom stereocenters. The molecule has 1 saturated heterocycles. The van der Waals surface area contributed by atoms with Crippen molar-refractivity contribution in [2.75, 3.05) is 57.3 Å². The van der Waals surface area contributed by atoms with Crippen LogP contribution in [0.15, 0.2) is 35.6 Å². The molecule has 2 heterocycles. The smallest absolute Gasteiger partial charge is 0.191 e. The number of aliphatic imine (C=N–C) groups is 1. The van der Waals surface area contributed by atoms with Gasteiger partial charge in [0.2, 0.25) is 0 Å². The Labute approximate surface area is 186 Å². The lowest BCUT2D eigenvalue weighted by atomic mass is 10.2. The van der Waals surface area contributed by atoms with E-state index in [0.717, 1.165) is 83.5 Å². The highest BCUT2D eigenvalue weighted by molar-refractivity contribution is 5.79. The molecule has 1 aromatic carbocycles. The molecule has 0 unspecified atom stereocenters. The average Bonchev–Trinajstić information content (AvgIpc) is 3.24. The van der Waals surface area contributed by atoms with Gasteiger partial charge < -0.3 is 20.1 Å². The summed E-state index contributed by atoms with van der Waals surface area (Å²) in [5.41, 5.74) is 2.68. The molecule has 0 spiro atoms. The maximum Gasteiger partial charge on any atom is 0.191 e. The molecule has 8 heteroatoms. The van der Waals surface area contributed by atoms with Gasteiger partial charge in [-0.25, -0.2) is 0 Å². The zero-order valence-corrected chi connectivity index (χ0v) is 19.3. The van der Waals surface area contributed by atoms with Gasteiger partial charge in [-0.15, -0.1) is 10.2 Å². The zero-order chi connectivity index (χ0) is 21.9. The second-order valence-corrected chi connectivity index (χ2v) is 8.00. The van der Waals surface area contributed by atoms with Crippen molar-refractivity contribution >= 4 is 11.6 Å². The molecule has 2 N–H and O–H groups in total. The van der Waals surface area contributed by atoms with Crippen LogP contribution in [-0.4, -0.2) is 78.0 Å². The highest BCUT2D eigenvalue weighted by Crippen LogP contribution is 2.17. The van der Waals surface area contributed by atoms with Crippen molar-refractivity contribution in [1.29, 1.82) is 0 Å². The standard InChI is InChI=1S/C23H38N8/c1-4-22-28-27-19-31(22)13-11-26-23(24-5-2)25-10-7-12-29-14-16-30(17-15-29)21-9-6-8-20(3)18-21/h6,8-9,18-19H,4-5,7,10-17H2,1-3H3,(H2,24,25,26). The van der Waals surface area contributed by atoms with Crippen molar-refractivity contribution in [3.8, 4) is 0 Å². The molecular weight excluding hydrogens is 388 g/mol. The summed E-state index contributed by atoms with van der Waals surface area (Å²) in [5, 5.41) is 14.9. The number of rotatable bonds is 10. The minimum absolute atomic E-state index is 0.803. The Bertz CT molecular complexity index is 807. The van der Waals surface area contributed by atoms with Crippen LogP contribution >= 0.6 is 0 Å². The van der Waals surface area contributed by atoms with Gasteiger partial charge in [0, 0.05) is 71.0 Å². The fourth-order valence-corrected chi connectivity index (χ4v) is 3.92. The Hall–Kier alpha value is -2.61. The van der Waals surface area contributed by atoms with Crippen LogP contribution in [0.2, 0.25) is 0 Å². The highest BCUT2D eigenvalue weighted by Gasteiger charge is 2.16. The van der Waals surface area contributed by atoms with E-state index in [1.807, 2.05) is 0 Å². The minimum atomic E-state index is 0.803. The second kappa shape index (κ2) is 12.3. The molecular formula is C23H38N8. The fourth-order valence-electron chi connectivity index (χ4n) is 3.92. The Morgan fingerprint density at radius 3 is 2.68 bits per heavy atom. The monoisotopic (exact) mass is 426 g/mol. The van der Waals surface area contributed by atoms with E-state index in [0.29, 0.717) is 0 Å². The first-order chi connectivity index (χ1) is 15.2. The van der Waals surface area contributed by atoms with Crippen LogP contribution < -0.4 is 15.5 Å². The predicted octanol–water partition coefficient (Wildman–Crippen LogP) is 1.92. The Morgan fingerprint density at radius 1 is 1.10 bits per heavy atom. The summed E-state index contributed by atoms with van der Waals surface area (Å²) in [6, 6.07) is 8.82. The van der Waals surface area contributed by atoms with E-state index in [2.05, 4.69) is 80.2 Å². The molecule has 0 saturated carbocycles. The average molecular weight is 427 g/mol. The number of guanidine groups is 1. The number of hydrogen-bond acceptors (Lipinski definition) is 5. The van der Waals surface area contributed by atoms with Crippen LogP contribution in [0.25, 0.3) is 0 Å². The van der Waals surface area contributed by atoms with Crippen molar-refractivity contribution in [2.45, 2.75) is 40.2 Å². The Balaban J connectivity index is 1.35. The van der Waals surface area contributed by atoms with E-state index < -0.39 is 0 Å². The van der Waals surface area contributed by atoms with Crippen molar-refractivity contribution in [1.82, 2.24) is 30.3 Å². The largest absolute Gasteiger partial charge is 0.369 e. The van der Waals surface area contributed by atoms with E-state index in [1.54, 1.807) is 6.33 Å². The molecule has 1 fully saturated rings. The van der Waals surface area contributed by atoms with Crippen LogP contribution in [0.1, 0.15) is 31.7 Å². The summed E-state index contributed by atoms with van der Waals surface area (Å²) in [6.07, 6.45) is 3.77.